The molecule has 5 heterocycles. The molecule has 7 rings (SSSR count). The van der Waals surface area contributed by atoms with Gasteiger partial charge in [-0.2, -0.15) is 4.98 Å². The quantitative estimate of drug-likeness (QED) is 0.193. The summed E-state index contributed by atoms with van der Waals surface area (Å²) in [6, 6.07) is 11.3. The van der Waals surface area contributed by atoms with Gasteiger partial charge in [-0.15, -0.1) is 0 Å². The Hall–Kier alpha value is -4.20. The summed E-state index contributed by atoms with van der Waals surface area (Å²) in [4.78, 5) is 39.4. The molecule has 48 heavy (non-hydrogen) atoms. The number of carbonyl (C=O) groups excluding carboxylic acids is 1. The number of nitrogens with zero attached hydrogens (tertiary/aromatic N) is 3. The molecule has 11 nitrogen and oxygen atoms in total. The van der Waals surface area contributed by atoms with Crippen LogP contribution in [0.2, 0.25) is 0 Å². The molecule has 3 saturated heterocycles. The first-order chi connectivity index (χ1) is 23.0. The highest BCUT2D eigenvalue weighted by Crippen LogP contribution is 2.39. The first kappa shape index (κ1) is 32.4. The Morgan fingerprint density at radius 2 is 1.92 bits per heavy atom. The molecule has 0 saturated carbocycles. The number of benzene rings is 2. The second-order valence-electron chi connectivity index (χ2n) is 13.7. The number of nitrogens with one attached hydrogen (secondary N) is 3. The fourth-order valence-electron chi connectivity index (χ4n) is 7.84. The van der Waals surface area contributed by atoms with Gasteiger partial charge in [0.25, 0.3) is 11.6 Å². The first-order valence-corrected chi connectivity index (χ1v) is 16.6. The minimum Gasteiger partial charge on any atom is -0.463 e. The number of hydrogen-bond donors (Lipinski definition) is 4. The molecule has 3 aliphatic heterocycles. The van der Waals surface area contributed by atoms with Gasteiger partial charge in [0, 0.05) is 24.7 Å². The maximum Gasteiger partial charge on any atom is 0.407 e. The van der Waals surface area contributed by atoms with Crippen LogP contribution in [0.25, 0.3) is 32.9 Å². The van der Waals surface area contributed by atoms with Gasteiger partial charge in [0.15, 0.2) is 5.82 Å². The van der Waals surface area contributed by atoms with Crippen LogP contribution in [-0.2, 0) is 11.2 Å². The van der Waals surface area contributed by atoms with Crippen molar-refractivity contribution in [1.29, 1.82) is 0 Å². The van der Waals surface area contributed by atoms with E-state index in [1.807, 2.05) is 30.3 Å². The Morgan fingerprint density at radius 1 is 1.15 bits per heavy atom. The molecule has 3 fully saturated rings. The molecule has 1 amide bonds. The van der Waals surface area contributed by atoms with Gasteiger partial charge in [-0.05, 0) is 74.9 Å². The van der Waals surface area contributed by atoms with Crippen molar-refractivity contribution in [3.63, 3.8) is 0 Å². The number of β-amino-alcohol motifs (C(OH)–C–C–N with tert-alkyl or cyclic N) is 1. The van der Waals surface area contributed by atoms with Gasteiger partial charge in [0.05, 0.1) is 29.6 Å². The number of fused-ring (bicyclic) bond motifs is 3. The summed E-state index contributed by atoms with van der Waals surface area (Å²) in [5.74, 6) is -3.13. The molecular weight excluding hydrogens is 622 g/mol. The molecule has 0 bridgehead atoms. The molecule has 2 unspecified atom stereocenters. The zero-order chi connectivity index (χ0) is 33.5. The number of aryl methyl sites for hydroxylation is 1. The second-order valence-corrected chi connectivity index (χ2v) is 13.7. The lowest BCUT2D eigenvalue weighted by Crippen LogP contribution is -2.62. The van der Waals surface area contributed by atoms with E-state index in [0.717, 1.165) is 55.1 Å². The van der Waals surface area contributed by atoms with E-state index in [1.54, 1.807) is 13.0 Å². The predicted molar refractivity (Wildman–Crippen MR) is 176 cm³/mol. The monoisotopic (exact) mass is 662 g/mol. The topological polar surface area (TPSA) is 142 Å². The number of halogens is 2. The van der Waals surface area contributed by atoms with E-state index >= 15 is 4.39 Å². The lowest BCUT2D eigenvalue weighted by molar-refractivity contribution is -0.121. The Labute approximate surface area is 276 Å². The zero-order valence-electron chi connectivity index (χ0n) is 26.9. The highest BCUT2D eigenvalue weighted by atomic mass is 19.2. The summed E-state index contributed by atoms with van der Waals surface area (Å²) in [5, 5.41) is 16.9. The maximum absolute atomic E-state index is 16.3. The molecule has 0 radical (unpaired) electrons. The van der Waals surface area contributed by atoms with E-state index in [2.05, 4.69) is 30.5 Å². The molecule has 2 aromatic heterocycles. The van der Waals surface area contributed by atoms with Gasteiger partial charge in [-0.25, -0.2) is 13.6 Å². The number of pyridine rings is 1. The molecule has 0 aliphatic carbocycles. The number of H-pyrrole nitrogens is 1. The summed E-state index contributed by atoms with van der Waals surface area (Å²) in [6.45, 7) is 4.28. The van der Waals surface area contributed by atoms with Crippen molar-refractivity contribution in [2.24, 2.45) is 0 Å². The van der Waals surface area contributed by atoms with Crippen molar-refractivity contribution in [1.82, 2.24) is 30.5 Å². The van der Waals surface area contributed by atoms with Crippen molar-refractivity contribution >= 4 is 27.8 Å². The second kappa shape index (κ2) is 12.7. The number of amides is 1. The van der Waals surface area contributed by atoms with E-state index in [0.29, 0.717) is 31.6 Å². The lowest BCUT2D eigenvalue weighted by atomic mass is 9.89. The molecular formula is C35H40F2N6O5. The number of aromatic amines is 1. The summed E-state index contributed by atoms with van der Waals surface area (Å²) < 4.78 is 41.9. The minimum atomic E-state index is -2.42. The van der Waals surface area contributed by atoms with Crippen LogP contribution >= 0.6 is 0 Å². The van der Waals surface area contributed by atoms with Gasteiger partial charge in [-0.1, -0.05) is 36.4 Å². The molecule has 2 aromatic carbocycles. The number of piperidine rings is 1. The molecule has 0 spiro atoms. The molecule has 4 aromatic rings. The third kappa shape index (κ3) is 6.34. The third-order valence-corrected chi connectivity index (χ3v) is 10.0. The number of rotatable bonds is 9. The molecule has 254 valence electrons. The number of carbonyl (C=O) groups is 1. The number of aliphatic hydroxyl groups is 1. The number of alkyl carbamates (subject to hydrolysis) is 1. The van der Waals surface area contributed by atoms with Crippen molar-refractivity contribution in [2.75, 3.05) is 39.4 Å². The van der Waals surface area contributed by atoms with Crippen LogP contribution < -0.4 is 20.9 Å². The number of ether oxygens (including phenoxy) is 2. The smallest absolute Gasteiger partial charge is 0.407 e. The Morgan fingerprint density at radius 3 is 2.69 bits per heavy atom. The lowest BCUT2D eigenvalue weighted by Gasteiger charge is -2.39. The third-order valence-electron chi connectivity index (χ3n) is 10.0. The van der Waals surface area contributed by atoms with Crippen molar-refractivity contribution < 1.29 is 28.2 Å². The normalized spacial score (nSPS) is 23.8. The summed E-state index contributed by atoms with van der Waals surface area (Å²) in [5.41, 5.74) is -0.159. The fourth-order valence-corrected chi connectivity index (χ4v) is 7.84. The molecule has 13 heteroatoms. The largest absolute Gasteiger partial charge is 0.463 e. The van der Waals surface area contributed by atoms with Crippen LogP contribution in [0.3, 0.4) is 0 Å². The molecule has 4 N–H and O–H groups in total. The zero-order valence-corrected chi connectivity index (χ0v) is 26.9. The maximum atomic E-state index is 16.3. The van der Waals surface area contributed by atoms with E-state index in [4.69, 9.17) is 9.47 Å². The average molecular weight is 663 g/mol. The number of alkyl halides is 1. The summed E-state index contributed by atoms with van der Waals surface area (Å²) in [6.07, 6.45) is 5.63. The van der Waals surface area contributed by atoms with Gasteiger partial charge < -0.3 is 25.2 Å². The first-order valence-electron chi connectivity index (χ1n) is 16.6. The SMILES string of the molecule is CC1(NC(=O)OCCCc2cccc3cccc(-c4ncc5c(=O)[nH]c(OCC67CCCN6CCC7)nc5c4F)c23)CNCC(O)(F)C1. The van der Waals surface area contributed by atoms with Crippen LogP contribution in [0.1, 0.15) is 51.0 Å². The fraction of sp³-hybridized carbons (Fsp3) is 0.486. The molecule has 2 atom stereocenters. The Bertz CT molecular complexity index is 1900. The van der Waals surface area contributed by atoms with E-state index in [-0.39, 0.29) is 47.7 Å². The van der Waals surface area contributed by atoms with E-state index in [1.165, 1.54) is 6.20 Å². The predicted octanol–water partition coefficient (Wildman–Crippen LogP) is 4.35. The van der Waals surface area contributed by atoms with Gasteiger partial charge in [0.1, 0.15) is 17.8 Å². The van der Waals surface area contributed by atoms with Crippen LogP contribution in [-0.4, -0.2) is 87.4 Å². The van der Waals surface area contributed by atoms with Crippen LogP contribution in [0.5, 0.6) is 6.01 Å². The van der Waals surface area contributed by atoms with Crippen LogP contribution in [0, 0.1) is 5.82 Å². The standard InChI is InChI=1S/C35H40F2N6O5/c1-33(18-35(37,46)20-38-19-33)42-32(45)47-16-4-10-23-8-2-7-22-9-3-11-24(26(22)23)28-27(36)29-25(17-39-28)30(44)41-31(40-29)48-21-34-12-5-14-43(34)15-6-13-34/h2-3,7-9,11,17,38,46H,4-6,10,12-16,18-21H2,1H3,(H,42,45)(H,40,41,44). The van der Waals surface area contributed by atoms with Crippen LogP contribution in [0.15, 0.2) is 47.4 Å². The molecule has 3 aliphatic rings. The summed E-state index contributed by atoms with van der Waals surface area (Å²) in [7, 11) is 0. The van der Waals surface area contributed by atoms with Crippen LogP contribution in [0.4, 0.5) is 13.6 Å². The van der Waals surface area contributed by atoms with Gasteiger partial charge in [0.2, 0.25) is 5.85 Å². The van der Waals surface area contributed by atoms with E-state index in [9.17, 15) is 19.1 Å². The highest BCUT2D eigenvalue weighted by Gasteiger charge is 2.45. The highest BCUT2D eigenvalue weighted by molar-refractivity contribution is 5.99. The van der Waals surface area contributed by atoms with Crippen molar-refractivity contribution in [3.05, 3.63) is 64.3 Å². The average Bonchev–Trinajstić information content (AvgIpc) is 3.62. The minimum absolute atomic E-state index is 0.00607. The van der Waals surface area contributed by atoms with Gasteiger partial charge in [-0.3, -0.25) is 19.7 Å². The van der Waals surface area contributed by atoms with Crippen molar-refractivity contribution in [2.45, 2.75) is 68.8 Å². The Kier molecular flexibility index (Phi) is 8.55. The van der Waals surface area contributed by atoms with Crippen molar-refractivity contribution in [3.8, 4) is 17.3 Å². The van der Waals surface area contributed by atoms with E-state index < -0.39 is 28.9 Å². The van der Waals surface area contributed by atoms with Gasteiger partial charge >= 0.3 is 6.09 Å². The Balaban J connectivity index is 1.09. The number of hydrogen-bond acceptors (Lipinski definition) is 9. The number of aromatic nitrogens is 3. The summed E-state index contributed by atoms with van der Waals surface area (Å²) >= 11 is 0.